The molecule has 1 aromatic heterocycles. The monoisotopic (exact) mass is 336 g/mol. The topological polar surface area (TPSA) is 42.2 Å². The molecular formula is C17H28N4OS. The fourth-order valence-electron chi connectivity index (χ4n) is 3.58. The van der Waals surface area contributed by atoms with Gasteiger partial charge < -0.3 is 14.5 Å². The molecule has 0 unspecified atom stereocenters. The van der Waals surface area contributed by atoms with Crippen molar-refractivity contribution in [1.29, 1.82) is 0 Å². The van der Waals surface area contributed by atoms with E-state index < -0.39 is 0 Å². The van der Waals surface area contributed by atoms with E-state index >= 15 is 0 Å². The van der Waals surface area contributed by atoms with Crippen LogP contribution in [-0.2, 0) is 11.5 Å². The Labute approximate surface area is 143 Å². The first-order chi connectivity index (χ1) is 11.0. The minimum absolute atomic E-state index is 0.117. The molecule has 2 saturated carbocycles. The molecule has 0 spiro atoms. The van der Waals surface area contributed by atoms with Crippen LogP contribution in [0.2, 0.25) is 0 Å². The van der Waals surface area contributed by atoms with E-state index in [9.17, 15) is 4.79 Å². The zero-order chi connectivity index (χ0) is 16.6. The second-order valence-corrected chi connectivity index (χ2v) is 7.55. The van der Waals surface area contributed by atoms with Crippen LogP contribution >= 0.6 is 12.2 Å². The van der Waals surface area contributed by atoms with Gasteiger partial charge in [-0.05, 0) is 58.8 Å². The van der Waals surface area contributed by atoms with Crippen molar-refractivity contribution in [2.24, 2.45) is 0 Å². The van der Waals surface area contributed by atoms with Gasteiger partial charge in [0.25, 0.3) is 0 Å². The van der Waals surface area contributed by atoms with Gasteiger partial charge in [0.1, 0.15) is 0 Å². The third kappa shape index (κ3) is 3.69. The minimum Gasteiger partial charge on any atom is -0.352 e. The van der Waals surface area contributed by atoms with Crippen LogP contribution in [0.15, 0.2) is 0 Å². The molecule has 0 bridgehead atoms. The molecule has 6 heteroatoms. The predicted octanol–water partition coefficient (Wildman–Crippen LogP) is 2.92. The van der Waals surface area contributed by atoms with Crippen molar-refractivity contribution in [3.8, 4) is 0 Å². The second kappa shape index (κ2) is 6.77. The summed E-state index contributed by atoms with van der Waals surface area (Å²) in [5.41, 5.74) is 2.49. The molecule has 1 heterocycles. The summed E-state index contributed by atoms with van der Waals surface area (Å²) in [6, 6.07) is 0.983. The molecule has 128 valence electrons. The van der Waals surface area contributed by atoms with Crippen molar-refractivity contribution in [1.82, 2.24) is 19.4 Å². The van der Waals surface area contributed by atoms with Crippen molar-refractivity contribution in [2.45, 2.75) is 71.1 Å². The normalized spacial score (nSPS) is 18.8. The molecule has 23 heavy (non-hydrogen) atoms. The number of imidazole rings is 1. The molecule has 2 fully saturated rings. The van der Waals surface area contributed by atoms with Gasteiger partial charge in [-0.3, -0.25) is 9.69 Å². The van der Waals surface area contributed by atoms with Crippen molar-refractivity contribution in [3.05, 3.63) is 16.2 Å². The summed E-state index contributed by atoms with van der Waals surface area (Å²) in [5, 5.41) is 3.04. The lowest BCUT2D eigenvalue weighted by Crippen LogP contribution is -2.37. The lowest BCUT2D eigenvalue weighted by Gasteiger charge is -2.18. The number of carbonyl (C=O) groups is 1. The highest BCUT2D eigenvalue weighted by molar-refractivity contribution is 7.71. The van der Waals surface area contributed by atoms with E-state index in [2.05, 4.69) is 28.3 Å². The molecule has 5 nitrogen and oxygen atoms in total. The molecule has 1 N–H and O–H groups in total. The maximum absolute atomic E-state index is 12.0. The maximum Gasteiger partial charge on any atom is 0.234 e. The molecule has 0 radical (unpaired) electrons. The number of rotatable bonds is 6. The van der Waals surface area contributed by atoms with Crippen LogP contribution in [0.4, 0.5) is 0 Å². The van der Waals surface area contributed by atoms with Gasteiger partial charge >= 0.3 is 0 Å². The van der Waals surface area contributed by atoms with E-state index in [0.29, 0.717) is 25.3 Å². The van der Waals surface area contributed by atoms with Crippen LogP contribution in [-0.4, -0.2) is 39.6 Å². The fraction of sp³-hybridized carbons (Fsp3) is 0.765. The summed E-state index contributed by atoms with van der Waals surface area (Å²) < 4.78 is 5.42. The van der Waals surface area contributed by atoms with Crippen molar-refractivity contribution >= 4 is 18.1 Å². The van der Waals surface area contributed by atoms with Gasteiger partial charge in [-0.25, -0.2) is 0 Å². The van der Waals surface area contributed by atoms with E-state index in [-0.39, 0.29) is 5.91 Å². The smallest absolute Gasteiger partial charge is 0.234 e. The first-order valence-corrected chi connectivity index (χ1v) is 9.14. The number of hydrogen-bond acceptors (Lipinski definition) is 3. The molecule has 3 rings (SSSR count). The lowest BCUT2D eigenvalue weighted by molar-refractivity contribution is -0.122. The molecule has 0 aliphatic heterocycles. The Hall–Kier alpha value is -1.14. The van der Waals surface area contributed by atoms with Gasteiger partial charge in [0, 0.05) is 23.5 Å². The van der Waals surface area contributed by atoms with Gasteiger partial charge in [0.15, 0.2) is 4.77 Å². The third-order valence-corrected chi connectivity index (χ3v) is 5.57. The number of amides is 1. The van der Waals surface area contributed by atoms with E-state index in [0.717, 1.165) is 17.6 Å². The van der Waals surface area contributed by atoms with E-state index in [4.69, 9.17) is 12.2 Å². The van der Waals surface area contributed by atoms with Crippen LogP contribution in [0, 0.1) is 18.6 Å². The zero-order valence-corrected chi connectivity index (χ0v) is 15.3. The maximum atomic E-state index is 12.0. The summed E-state index contributed by atoms with van der Waals surface area (Å²) in [5.74, 6) is 0.117. The number of nitrogens with one attached hydrogen (secondary N) is 1. The van der Waals surface area contributed by atoms with Gasteiger partial charge in [-0.1, -0.05) is 12.8 Å². The number of hydrogen-bond donors (Lipinski definition) is 1. The molecule has 0 aromatic carbocycles. The van der Waals surface area contributed by atoms with Crippen molar-refractivity contribution < 1.29 is 4.79 Å². The first kappa shape index (κ1) is 16.7. The Bertz CT molecular complexity index is 638. The van der Waals surface area contributed by atoms with Crippen LogP contribution in [0.25, 0.3) is 0 Å². The Morgan fingerprint density at radius 1 is 1.22 bits per heavy atom. The molecule has 1 aromatic rings. The Kier molecular flexibility index (Phi) is 4.92. The largest absolute Gasteiger partial charge is 0.352 e. The van der Waals surface area contributed by atoms with E-state index in [1.54, 1.807) is 0 Å². The van der Waals surface area contributed by atoms with Crippen molar-refractivity contribution in [2.75, 3.05) is 13.6 Å². The van der Waals surface area contributed by atoms with Crippen LogP contribution in [0.5, 0.6) is 0 Å². The Morgan fingerprint density at radius 2 is 1.87 bits per heavy atom. The van der Waals surface area contributed by atoms with Gasteiger partial charge in [0.2, 0.25) is 5.91 Å². The lowest BCUT2D eigenvalue weighted by atomic mass is 10.2. The summed E-state index contributed by atoms with van der Waals surface area (Å²) in [6.07, 6.45) is 7.33. The van der Waals surface area contributed by atoms with Crippen LogP contribution in [0.3, 0.4) is 0 Å². The zero-order valence-electron chi connectivity index (χ0n) is 14.5. The highest BCUT2D eigenvalue weighted by atomic mass is 32.1. The average Bonchev–Trinajstić information content (AvgIpc) is 3.08. The highest BCUT2D eigenvalue weighted by Crippen LogP contribution is 2.32. The second-order valence-electron chi connectivity index (χ2n) is 7.19. The minimum atomic E-state index is 0.117. The van der Waals surface area contributed by atoms with E-state index in [1.165, 1.54) is 37.1 Å². The van der Waals surface area contributed by atoms with Gasteiger partial charge in [-0.15, -0.1) is 0 Å². The van der Waals surface area contributed by atoms with Crippen LogP contribution < -0.4 is 5.32 Å². The summed E-state index contributed by atoms with van der Waals surface area (Å²) in [7, 11) is 1.98. The van der Waals surface area contributed by atoms with Gasteiger partial charge in [0.05, 0.1) is 13.2 Å². The molecular weight excluding hydrogens is 308 g/mol. The SMILES string of the molecule is Cc1c(C)n(C2CCCC2)c(=S)n1CN(C)CC(=O)NC1CC1. The molecule has 1 amide bonds. The van der Waals surface area contributed by atoms with E-state index in [1.807, 2.05) is 11.9 Å². The molecule has 2 aliphatic rings. The third-order valence-electron chi connectivity index (χ3n) is 5.16. The summed E-state index contributed by atoms with van der Waals surface area (Å²) in [4.78, 5) is 14.0. The molecule has 2 aliphatic carbocycles. The van der Waals surface area contributed by atoms with Crippen LogP contribution in [0.1, 0.15) is 56.0 Å². The predicted molar refractivity (Wildman–Crippen MR) is 94.0 cm³/mol. The highest BCUT2D eigenvalue weighted by Gasteiger charge is 2.25. The quantitative estimate of drug-likeness (QED) is 0.812. The standard InChI is InChI=1S/C17H28N4OS/c1-12-13(2)21(15-6-4-5-7-15)17(23)20(12)11-19(3)10-16(22)18-14-8-9-14/h14-15H,4-11H2,1-3H3,(H,18,22). The fourth-order valence-corrected chi connectivity index (χ4v) is 4.06. The first-order valence-electron chi connectivity index (χ1n) is 8.73. The van der Waals surface area contributed by atoms with Gasteiger partial charge in [-0.2, -0.15) is 0 Å². The number of likely N-dealkylation sites (N-methyl/N-ethyl adjacent to an activating group) is 1. The summed E-state index contributed by atoms with van der Waals surface area (Å²) in [6.45, 7) is 5.39. The number of aromatic nitrogens is 2. The average molecular weight is 337 g/mol. The Balaban J connectivity index is 1.70. The molecule has 0 saturated heterocycles. The number of carbonyl (C=O) groups excluding carboxylic acids is 1. The summed E-state index contributed by atoms with van der Waals surface area (Å²) >= 11 is 5.75. The Morgan fingerprint density at radius 3 is 2.48 bits per heavy atom. The molecule has 0 atom stereocenters. The van der Waals surface area contributed by atoms with Crippen molar-refractivity contribution in [3.63, 3.8) is 0 Å². The number of nitrogens with zero attached hydrogens (tertiary/aromatic N) is 3.